The van der Waals surface area contributed by atoms with Gasteiger partial charge in [0.15, 0.2) is 0 Å². The maximum atomic E-state index is 12.1. The Hall–Kier alpha value is -1.58. The van der Waals surface area contributed by atoms with Crippen LogP contribution in [0, 0.1) is 11.8 Å². The summed E-state index contributed by atoms with van der Waals surface area (Å²) in [5.41, 5.74) is 0. The van der Waals surface area contributed by atoms with Crippen LogP contribution in [0.25, 0.3) is 0 Å². The molecule has 0 spiro atoms. The van der Waals surface area contributed by atoms with Crippen LogP contribution in [-0.4, -0.2) is 24.1 Å². The second-order valence-electron chi connectivity index (χ2n) is 7.71. The molecule has 0 bridgehead atoms. The molecule has 0 aromatic rings. The average Bonchev–Trinajstić information content (AvgIpc) is 3.16. The molecule has 26 heavy (non-hydrogen) atoms. The predicted molar refractivity (Wildman–Crippen MR) is 103 cm³/mol. The van der Waals surface area contributed by atoms with Gasteiger partial charge in [-0.15, -0.1) is 13.2 Å². The van der Waals surface area contributed by atoms with Crippen molar-refractivity contribution in [1.82, 2.24) is 0 Å². The van der Waals surface area contributed by atoms with E-state index in [1.807, 2.05) is 12.2 Å². The van der Waals surface area contributed by atoms with Crippen molar-refractivity contribution in [2.24, 2.45) is 11.8 Å². The molecule has 2 saturated heterocycles. The number of carbonyl (C=O) groups is 2. The number of rotatable bonds is 13. The van der Waals surface area contributed by atoms with Gasteiger partial charge < -0.3 is 9.47 Å². The van der Waals surface area contributed by atoms with Crippen molar-refractivity contribution in [2.75, 3.05) is 0 Å². The fourth-order valence-electron chi connectivity index (χ4n) is 3.99. The smallest absolute Gasteiger partial charge is 0.309 e. The number of hydrogen-bond acceptors (Lipinski definition) is 4. The van der Waals surface area contributed by atoms with E-state index in [1.165, 1.54) is 0 Å². The van der Waals surface area contributed by atoms with Gasteiger partial charge in [0.1, 0.15) is 12.2 Å². The van der Waals surface area contributed by atoms with Crippen molar-refractivity contribution in [3.05, 3.63) is 25.3 Å². The molecule has 2 aliphatic rings. The average molecular weight is 363 g/mol. The number of esters is 2. The lowest BCUT2D eigenvalue weighted by molar-refractivity contribution is -0.146. The van der Waals surface area contributed by atoms with Gasteiger partial charge in [0.2, 0.25) is 0 Å². The molecule has 4 atom stereocenters. The van der Waals surface area contributed by atoms with Gasteiger partial charge in [0.25, 0.3) is 0 Å². The standard InChI is InChI=1S/C22H34O4/c1-3-5-7-9-11-19-15-17(21(23)25-19)13-14-18-16-20(26-22(18)24)12-10-8-6-4-2/h3-4,17-20H,1-2,5-16H2. The van der Waals surface area contributed by atoms with Crippen LogP contribution in [0.2, 0.25) is 0 Å². The molecule has 0 radical (unpaired) electrons. The first kappa shape index (κ1) is 20.7. The van der Waals surface area contributed by atoms with Crippen LogP contribution in [0.1, 0.15) is 77.0 Å². The van der Waals surface area contributed by atoms with Crippen LogP contribution in [0.5, 0.6) is 0 Å². The third-order valence-electron chi connectivity index (χ3n) is 5.56. The highest BCUT2D eigenvalue weighted by Crippen LogP contribution is 2.33. The van der Waals surface area contributed by atoms with Crippen LogP contribution in [0.15, 0.2) is 25.3 Å². The summed E-state index contributed by atoms with van der Waals surface area (Å²) >= 11 is 0. The van der Waals surface area contributed by atoms with Crippen LogP contribution in [0.3, 0.4) is 0 Å². The molecule has 2 aliphatic heterocycles. The van der Waals surface area contributed by atoms with Gasteiger partial charge in [-0.1, -0.05) is 12.2 Å². The third-order valence-corrected chi connectivity index (χ3v) is 5.56. The Kier molecular flexibility index (Phi) is 8.93. The lowest BCUT2D eigenvalue weighted by atomic mass is 9.90. The first-order valence-electron chi connectivity index (χ1n) is 10.3. The van der Waals surface area contributed by atoms with Gasteiger partial charge in [-0.3, -0.25) is 9.59 Å². The maximum Gasteiger partial charge on any atom is 0.309 e. The quantitative estimate of drug-likeness (QED) is 0.259. The highest BCUT2D eigenvalue weighted by Gasteiger charge is 2.38. The summed E-state index contributed by atoms with van der Waals surface area (Å²) in [4.78, 5) is 24.1. The Morgan fingerprint density at radius 1 is 0.731 bits per heavy atom. The van der Waals surface area contributed by atoms with E-state index in [-0.39, 0.29) is 36.0 Å². The summed E-state index contributed by atoms with van der Waals surface area (Å²) in [5, 5.41) is 0. The van der Waals surface area contributed by atoms with Crippen LogP contribution >= 0.6 is 0 Å². The Labute approximate surface area is 158 Å². The van der Waals surface area contributed by atoms with Gasteiger partial charge in [-0.05, 0) is 77.0 Å². The molecular weight excluding hydrogens is 328 g/mol. The van der Waals surface area contributed by atoms with E-state index < -0.39 is 0 Å². The molecule has 146 valence electrons. The van der Waals surface area contributed by atoms with E-state index in [0.29, 0.717) is 0 Å². The van der Waals surface area contributed by atoms with Crippen LogP contribution < -0.4 is 0 Å². The number of carbonyl (C=O) groups excluding carboxylic acids is 2. The lowest BCUT2D eigenvalue weighted by Gasteiger charge is -2.09. The van der Waals surface area contributed by atoms with Crippen molar-refractivity contribution in [3.8, 4) is 0 Å². The summed E-state index contributed by atoms with van der Waals surface area (Å²) < 4.78 is 11.0. The summed E-state index contributed by atoms with van der Waals surface area (Å²) in [7, 11) is 0. The predicted octanol–water partition coefficient (Wildman–Crippen LogP) is 5.12. The Bertz CT molecular complexity index is 441. The molecule has 2 fully saturated rings. The summed E-state index contributed by atoms with van der Waals surface area (Å²) in [5.74, 6) is -0.241. The van der Waals surface area contributed by atoms with Crippen molar-refractivity contribution >= 4 is 11.9 Å². The van der Waals surface area contributed by atoms with Gasteiger partial charge in [0, 0.05) is 0 Å². The minimum absolute atomic E-state index is 0.0427. The first-order chi connectivity index (χ1) is 12.6. The number of ether oxygens (including phenoxy) is 2. The van der Waals surface area contributed by atoms with E-state index in [1.54, 1.807) is 0 Å². The highest BCUT2D eigenvalue weighted by molar-refractivity contribution is 5.76. The van der Waals surface area contributed by atoms with Crippen molar-refractivity contribution in [2.45, 2.75) is 89.3 Å². The number of cyclic esters (lactones) is 2. The Morgan fingerprint density at radius 2 is 1.15 bits per heavy atom. The number of unbranched alkanes of at least 4 members (excludes halogenated alkanes) is 4. The minimum Gasteiger partial charge on any atom is -0.462 e. The molecule has 0 aliphatic carbocycles. The van der Waals surface area contributed by atoms with E-state index in [0.717, 1.165) is 77.0 Å². The molecule has 0 aromatic heterocycles. The fraction of sp³-hybridized carbons (Fsp3) is 0.727. The largest absolute Gasteiger partial charge is 0.462 e. The Balaban J connectivity index is 1.65. The monoisotopic (exact) mass is 362 g/mol. The van der Waals surface area contributed by atoms with Crippen molar-refractivity contribution in [3.63, 3.8) is 0 Å². The SMILES string of the molecule is C=CCCCCC1CC(CCC2CC(CCCCC=C)OC2=O)C(=O)O1. The molecular formula is C22H34O4. The summed E-state index contributed by atoms with van der Waals surface area (Å²) in [6.45, 7) is 7.45. The lowest BCUT2D eigenvalue weighted by Crippen LogP contribution is -2.13. The molecule has 2 heterocycles. The van der Waals surface area contributed by atoms with E-state index >= 15 is 0 Å². The zero-order valence-corrected chi connectivity index (χ0v) is 16.0. The maximum absolute atomic E-state index is 12.1. The van der Waals surface area contributed by atoms with Gasteiger partial charge in [-0.25, -0.2) is 0 Å². The topological polar surface area (TPSA) is 52.6 Å². The zero-order chi connectivity index (χ0) is 18.8. The fourth-order valence-corrected chi connectivity index (χ4v) is 3.99. The molecule has 4 unspecified atom stereocenters. The minimum atomic E-state index is -0.0777. The normalized spacial score (nSPS) is 28.0. The molecule has 0 amide bonds. The first-order valence-corrected chi connectivity index (χ1v) is 10.3. The number of hydrogen-bond donors (Lipinski definition) is 0. The third kappa shape index (κ3) is 6.62. The second kappa shape index (κ2) is 11.2. The molecule has 4 heteroatoms. The van der Waals surface area contributed by atoms with Gasteiger partial charge in [0.05, 0.1) is 11.8 Å². The Morgan fingerprint density at radius 3 is 1.54 bits per heavy atom. The summed E-state index contributed by atoms with van der Waals surface area (Å²) in [6.07, 6.45) is 15.3. The summed E-state index contributed by atoms with van der Waals surface area (Å²) in [6, 6.07) is 0. The van der Waals surface area contributed by atoms with Gasteiger partial charge in [-0.2, -0.15) is 0 Å². The number of allylic oxidation sites excluding steroid dienone is 2. The zero-order valence-electron chi connectivity index (χ0n) is 16.0. The highest BCUT2D eigenvalue weighted by atomic mass is 16.6. The van der Waals surface area contributed by atoms with Crippen LogP contribution in [0.4, 0.5) is 0 Å². The molecule has 4 nitrogen and oxygen atoms in total. The molecule has 0 N–H and O–H groups in total. The van der Waals surface area contributed by atoms with Crippen molar-refractivity contribution in [1.29, 1.82) is 0 Å². The molecule has 0 saturated carbocycles. The molecule has 0 aromatic carbocycles. The van der Waals surface area contributed by atoms with Crippen LogP contribution in [-0.2, 0) is 19.1 Å². The second-order valence-corrected chi connectivity index (χ2v) is 7.71. The van der Waals surface area contributed by atoms with Gasteiger partial charge >= 0.3 is 11.9 Å². The van der Waals surface area contributed by atoms with E-state index in [2.05, 4.69) is 13.2 Å². The van der Waals surface area contributed by atoms with E-state index in [4.69, 9.17) is 9.47 Å². The van der Waals surface area contributed by atoms with Crippen molar-refractivity contribution < 1.29 is 19.1 Å². The molecule has 2 rings (SSSR count). The van der Waals surface area contributed by atoms with E-state index in [9.17, 15) is 9.59 Å².